The number of rotatable bonds is 5. The molecule has 0 aliphatic carbocycles. The van der Waals surface area contributed by atoms with Crippen LogP contribution in [0.3, 0.4) is 0 Å². The van der Waals surface area contributed by atoms with E-state index in [0.29, 0.717) is 32.8 Å². The fourth-order valence-electron chi connectivity index (χ4n) is 4.01. The lowest BCUT2D eigenvalue weighted by molar-refractivity contribution is -0.862. The van der Waals surface area contributed by atoms with Crippen LogP contribution in [-0.4, -0.2) is 68.9 Å². The number of carbonyl (C=O) groups is 2. The smallest absolute Gasteiger partial charge is 0.282 e. The standard InChI is InChI=1S/C23H27N3O3S/c1-24(15-22(27)25-11-13-29-14-12-25)16-23(28)26-19-9-5-6-10-21(19)30-17-20(26)18-7-3-2-4-8-18/h2-10,20H,11-17H2,1H3/p+1/t20-/m1/s1. The molecule has 2 aromatic rings. The Balaban J connectivity index is 1.50. The van der Waals surface area contributed by atoms with Gasteiger partial charge in [0.05, 0.1) is 32.0 Å². The van der Waals surface area contributed by atoms with Crippen LogP contribution < -0.4 is 9.80 Å². The van der Waals surface area contributed by atoms with Gasteiger partial charge in [0.2, 0.25) is 0 Å². The van der Waals surface area contributed by atoms with Crippen molar-refractivity contribution in [3.63, 3.8) is 0 Å². The average molecular weight is 427 g/mol. The van der Waals surface area contributed by atoms with E-state index in [0.717, 1.165) is 26.8 Å². The van der Waals surface area contributed by atoms with Crippen LogP contribution >= 0.6 is 11.8 Å². The van der Waals surface area contributed by atoms with Crippen molar-refractivity contribution in [3.05, 3.63) is 60.2 Å². The molecule has 2 aliphatic heterocycles. The summed E-state index contributed by atoms with van der Waals surface area (Å²) in [4.78, 5) is 31.8. The zero-order chi connectivity index (χ0) is 20.9. The van der Waals surface area contributed by atoms with E-state index >= 15 is 0 Å². The molecule has 1 saturated heterocycles. The number of carbonyl (C=O) groups excluding carboxylic acids is 2. The molecule has 0 radical (unpaired) electrons. The second-order valence-corrected chi connectivity index (χ2v) is 8.83. The third-order valence-electron chi connectivity index (χ3n) is 5.56. The quantitative estimate of drug-likeness (QED) is 0.782. The Kier molecular flexibility index (Phi) is 6.72. The van der Waals surface area contributed by atoms with Gasteiger partial charge in [0.25, 0.3) is 11.8 Å². The highest BCUT2D eigenvalue weighted by Crippen LogP contribution is 2.42. The molecule has 0 saturated carbocycles. The van der Waals surface area contributed by atoms with Gasteiger partial charge in [0.15, 0.2) is 13.1 Å². The van der Waals surface area contributed by atoms with Gasteiger partial charge >= 0.3 is 0 Å². The molecule has 4 rings (SSSR count). The number of para-hydroxylation sites is 1. The largest absolute Gasteiger partial charge is 0.378 e. The molecule has 1 fully saturated rings. The van der Waals surface area contributed by atoms with E-state index < -0.39 is 0 Å². The Labute approximate surface area is 181 Å². The highest BCUT2D eigenvalue weighted by atomic mass is 32.2. The molecule has 2 heterocycles. The Bertz CT molecular complexity index is 886. The zero-order valence-corrected chi connectivity index (χ0v) is 18.1. The summed E-state index contributed by atoms with van der Waals surface area (Å²) in [5.41, 5.74) is 2.09. The van der Waals surface area contributed by atoms with Gasteiger partial charge in [-0.25, -0.2) is 0 Å². The number of hydrogen-bond donors (Lipinski definition) is 1. The van der Waals surface area contributed by atoms with Crippen LogP contribution in [0.4, 0.5) is 5.69 Å². The number of nitrogens with one attached hydrogen (secondary N) is 1. The van der Waals surface area contributed by atoms with E-state index in [4.69, 9.17) is 4.74 Å². The summed E-state index contributed by atoms with van der Waals surface area (Å²) in [6, 6.07) is 18.2. The molecule has 0 aromatic heterocycles. The number of morpholine rings is 1. The van der Waals surface area contributed by atoms with E-state index in [2.05, 4.69) is 18.2 Å². The first-order valence-electron chi connectivity index (χ1n) is 10.4. The molecule has 2 aliphatic rings. The SMILES string of the molecule is C[NH+](CC(=O)N1CCOCC1)CC(=O)N1c2ccccc2SC[C@@H]1c1ccccc1. The summed E-state index contributed by atoms with van der Waals surface area (Å²) in [6.07, 6.45) is 0. The van der Waals surface area contributed by atoms with Crippen molar-refractivity contribution < 1.29 is 19.2 Å². The molecule has 7 heteroatoms. The van der Waals surface area contributed by atoms with Crippen LogP contribution in [0, 0.1) is 0 Å². The molecule has 2 atom stereocenters. The van der Waals surface area contributed by atoms with Crippen molar-refractivity contribution in [2.45, 2.75) is 10.9 Å². The van der Waals surface area contributed by atoms with Gasteiger partial charge < -0.3 is 14.5 Å². The Morgan fingerprint density at radius 2 is 1.67 bits per heavy atom. The fraction of sp³-hybridized carbons (Fsp3) is 0.391. The Morgan fingerprint density at radius 1 is 1.00 bits per heavy atom. The van der Waals surface area contributed by atoms with E-state index in [1.807, 2.05) is 53.2 Å². The molecule has 0 spiro atoms. The number of anilines is 1. The number of thioether (sulfide) groups is 1. The Hall–Kier alpha value is -2.35. The lowest BCUT2D eigenvalue weighted by Crippen LogP contribution is -3.11. The number of benzene rings is 2. The second-order valence-electron chi connectivity index (χ2n) is 7.77. The molecular formula is C23H28N3O3S+. The normalized spacial score (nSPS) is 19.8. The molecule has 1 unspecified atom stereocenters. The molecule has 30 heavy (non-hydrogen) atoms. The van der Waals surface area contributed by atoms with Crippen molar-refractivity contribution in [1.29, 1.82) is 0 Å². The van der Waals surface area contributed by atoms with Gasteiger partial charge in [0.1, 0.15) is 0 Å². The fourth-order valence-corrected chi connectivity index (χ4v) is 5.17. The third kappa shape index (κ3) is 4.69. The Morgan fingerprint density at radius 3 is 2.43 bits per heavy atom. The van der Waals surface area contributed by atoms with Crippen molar-refractivity contribution >= 4 is 29.3 Å². The van der Waals surface area contributed by atoms with Crippen LogP contribution in [0.2, 0.25) is 0 Å². The van der Waals surface area contributed by atoms with Crippen LogP contribution in [0.5, 0.6) is 0 Å². The predicted molar refractivity (Wildman–Crippen MR) is 118 cm³/mol. The highest BCUT2D eigenvalue weighted by Gasteiger charge is 2.34. The topological polar surface area (TPSA) is 54.3 Å². The third-order valence-corrected chi connectivity index (χ3v) is 6.69. The number of nitrogens with zero attached hydrogens (tertiary/aromatic N) is 2. The van der Waals surface area contributed by atoms with Gasteiger partial charge in [0, 0.05) is 23.7 Å². The van der Waals surface area contributed by atoms with E-state index in [9.17, 15) is 9.59 Å². The predicted octanol–water partition coefficient (Wildman–Crippen LogP) is 1.24. The van der Waals surface area contributed by atoms with Gasteiger partial charge in [-0.1, -0.05) is 42.5 Å². The second kappa shape index (κ2) is 9.64. The first-order chi connectivity index (χ1) is 14.6. The maximum atomic E-state index is 13.5. The zero-order valence-electron chi connectivity index (χ0n) is 17.3. The molecule has 6 nitrogen and oxygen atoms in total. The van der Waals surface area contributed by atoms with E-state index in [-0.39, 0.29) is 24.4 Å². The van der Waals surface area contributed by atoms with Gasteiger partial charge in [-0.05, 0) is 17.7 Å². The van der Waals surface area contributed by atoms with Crippen LogP contribution in [0.25, 0.3) is 0 Å². The average Bonchev–Trinajstić information content (AvgIpc) is 2.79. The summed E-state index contributed by atoms with van der Waals surface area (Å²) >= 11 is 1.79. The molecule has 158 valence electrons. The number of fused-ring (bicyclic) bond motifs is 1. The lowest BCUT2D eigenvalue weighted by Gasteiger charge is -2.37. The number of ether oxygens (including phenoxy) is 1. The van der Waals surface area contributed by atoms with Crippen LogP contribution in [-0.2, 0) is 14.3 Å². The summed E-state index contributed by atoms with van der Waals surface area (Å²) in [6.45, 7) is 3.03. The molecular weight excluding hydrogens is 398 g/mol. The minimum atomic E-state index is -0.0126. The maximum absolute atomic E-state index is 13.5. The first kappa shape index (κ1) is 20.9. The van der Waals surface area contributed by atoms with Gasteiger partial charge in [-0.2, -0.15) is 0 Å². The maximum Gasteiger partial charge on any atom is 0.282 e. The van der Waals surface area contributed by atoms with Crippen LogP contribution in [0.15, 0.2) is 59.5 Å². The van der Waals surface area contributed by atoms with Crippen molar-refractivity contribution in [3.8, 4) is 0 Å². The molecule has 1 N–H and O–H groups in total. The minimum Gasteiger partial charge on any atom is -0.378 e. The summed E-state index contributed by atoms with van der Waals surface area (Å²) in [7, 11) is 1.92. The summed E-state index contributed by atoms with van der Waals surface area (Å²) < 4.78 is 5.32. The lowest BCUT2D eigenvalue weighted by atomic mass is 10.1. The van der Waals surface area contributed by atoms with E-state index in [1.165, 1.54) is 0 Å². The molecule has 2 aromatic carbocycles. The minimum absolute atomic E-state index is 0.0126. The van der Waals surface area contributed by atoms with E-state index in [1.54, 1.807) is 11.8 Å². The molecule has 0 bridgehead atoms. The van der Waals surface area contributed by atoms with Crippen LogP contribution in [0.1, 0.15) is 11.6 Å². The summed E-state index contributed by atoms with van der Waals surface area (Å²) in [5, 5.41) is 0. The number of amides is 2. The number of likely N-dealkylation sites (N-methyl/N-ethyl adjacent to an activating group) is 1. The summed E-state index contributed by atoms with van der Waals surface area (Å²) in [5.74, 6) is 0.945. The number of quaternary nitrogens is 1. The number of hydrogen-bond acceptors (Lipinski definition) is 4. The first-order valence-corrected chi connectivity index (χ1v) is 11.4. The van der Waals surface area contributed by atoms with Gasteiger partial charge in [-0.15, -0.1) is 11.8 Å². The monoisotopic (exact) mass is 426 g/mol. The van der Waals surface area contributed by atoms with Gasteiger partial charge in [-0.3, -0.25) is 14.5 Å². The molecule has 2 amide bonds. The highest BCUT2D eigenvalue weighted by molar-refractivity contribution is 7.99. The van der Waals surface area contributed by atoms with Crippen molar-refractivity contribution in [1.82, 2.24) is 4.90 Å². The van der Waals surface area contributed by atoms with Crippen molar-refractivity contribution in [2.75, 3.05) is 57.1 Å². The van der Waals surface area contributed by atoms with Crippen molar-refractivity contribution in [2.24, 2.45) is 0 Å².